The minimum atomic E-state index is -0.858. The molecule has 0 amide bonds. The van der Waals surface area contributed by atoms with Gasteiger partial charge >= 0.3 is 5.97 Å². The van der Waals surface area contributed by atoms with E-state index in [1.54, 1.807) is 0 Å². The highest BCUT2D eigenvalue weighted by molar-refractivity contribution is 6.05. The highest BCUT2D eigenvalue weighted by Gasteiger charge is 2.26. The fourth-order valence-corrected chi connectivity index (χ4v) is 3.58. The summed E-state index contributed by atoms with van der Waals surface area (Å²) < 4.78 is 7.74. The highest BCUT2D eigenvalue weighted by Crippen LogP contribution is 2.38. The number of aromatic nitrogens is 1. The average molecular weight is 287 g/mol. The van der Waals surface area contributed by atoms with Gasteiger partial charge in [-0.15, -0.1) is 0 Å². The van der Waals surface area contributed by atoms with Crippen molar-refractivity contribution in [3.8, 4) is 5.75 Å². The van der Waals surface area contributed by atoms with Crippen LogP contribution in [0.5, 0.6) is 5.75 Å². The molecule has 4 heteroatoms. The molecule has 1 aliphatic rings. The molecule has 1 N–H and O–H groups in total. The van der Waals surface area contributed by atoms with Crippen molar-refractivity contribution in [2.45, 2.75) is 45.6 Å². The van der Waals surface area contributed by atoms with E-state index in [9.17, 15) is 9.90 Å². The van der Waals surface area contributed by atoms with Gasteiger partial charge in [-0.1, -0.05) is 12.8 Å². The first-order chi connectivity index (χ1) is 10.1. The Morgan fingerprint density at radius 2 is 2.10 bits per heavy atom. The van der Waals surface area contributed by atoms with Gasteiger partial charge in [0.1, 0.15) is 5.75 Å². The van der Waals surface area contributed by atoms with Crippen molar-refractivity contribution in [2.24, 2.45) is 0 Å². The summed E-state index contributed by atoms with van der Waals surface area (Å²) in [6, 6.07) is 6.22. The summed E-state index contributed by atoms with van der Waals surface area (Å²) >= 11 is 0. The minimum absolute atomic E-state index is 0.415. The smallest absolute Gasteiger partial charge is 0.338 e. The molecule has 0 atom stereocenters. The third kappa shape index (κ3) is 2.28. The van der Waals surface area contributed by atoms with Gasteiger partial charge in [0.05, 0.1) is 12.2 Å². The average Bonchev–Trinajstić information content (AvgIpc) is 3.03. The number of carbonyl (C=O) groups is 1. The molecule has 0 spiro atoms. The lowest BCUT2D eigenvalue weighted by Crippen LogP contribution is -2.08. The summed E-state index contributed by atoms with van der Waals surface area (Å²) in [6.45, 7) is 4.43. The van der Waals surface area contributed by atoms with E-state index in [4.69, 9.17) is 4.74 Å². The quantitative estimate of drug-likeness (QED) is 0.918. The summed E-state index contributed by atoms with van der Waals surface area (Å²) in [7, 11) is 0. The molecule has 1 aromatic heterocycles. The summed E-state index contributed by atoms with van der Waals surface area (Å²) in [5.74, 6) is -0.126. The van der Waals surface area contributed by atoms with Crippen LogP contribution in [0.25, 0.3) is 10.9 Å². The number of ether oxygens (including phenoxy) is 1. The fraction of sp³-hybridized carbons (Fsp3) is 0.471. The molecule has 1 saturated carbocycles. The molecule has 1 aliphatic carbocycles. The van der Waals surface area contributed by atoms with E-state index in [2.05, 4.69) is 4.57 Å². The lowest BCUT2D eigenvalue weighted by Gasteiger charge is -2.16. The molecule has 0 bridgehead atoms. The van der Waals surface area contributed by atoms with Crippen LogP contribution in [0, 0.1) is 6.92 Å². The van der Waals surface area contributed by atoms with Crippen molar-refractivity contribution in [3.63, 3.8) is 0 Å². The van der Waals surface area contributed by atoms with Crippen LogP contribution in [0.15, 0.2) is 18.2 Å². The Morgan fingerprint density at radius 1 is 1.38 bits per heavy atom. The van der Waals surface area contributed by atoms with Crippen molar-refractivity contribution < 1.29 is 14.6 Å². The van der Waals surface area contributed by atoms with Gasteiger partial charge in [-0.25, -0.2) is 4.79 Å². The largest absolute Gasteiger partial charge is 0.494 e. The van der Waals surface area contributed by atoms with Crippen molar-refractivity contribution in [3.05, 3.63) is 29.5 Å². The lowest BCUT2D eigenvalue weighted by atomic mass is 10.1. The molecule has 3 rings (SSSR count). The fourth-order valence-electron chi connectivity index (χ4n) is 3.58. The van der Waals surface area contributed by atoms with Gasteiger partial charge in [0.2, 0.25) is 0 Å². The first-order valence-corrected chi connectivity index (χ1v) is 7.64. The zero-order valence-corrected chi connectivity index (χ0v) is 12.6. The third-order valence-corrected chi connectivity index (χ3v) is 4.43. The van der Waals surface area contributed by atoms with E-state index >= 15 is 0 Å². The van der Waals surface area contributed by atoms with Crippen molar-refractivity contribution in [1.82, 2.24) is 4.57 Å². The molecule has 0 radical (unpaired) electrons. The van der Waals surface area contributed by atoms with Crippen molar-refractivity contribution >= 4 is 16.9 Å². The monoisotopic (exact) mass is 287 g/mol. The molecule has 21 heavy (non-hydrogen) atoms. The van der Waals surface area contributed by atoms with E-state index in [1.807, 2.05) is 32.0 Å². The Morgan fingerprint density at radius 3 is 2.71 bits per heavy atom. The van der Waals surface area contributed by atoms with Gasteiger partial charge in [-0.05, 0) is 44.9 Å². The Bertz CT molecular complexity index is 681. The second-order valence-electron chi connectivity index (χ2n) is 5.69. The maximum atomic E-state index is 11.7. The highest BCUT2D eigenvalue weighted by atomic mass is 16.5. The van der Waals surface area contributed by atoms with Crippen molar-refractivity contribution in [1.29, 1.82) is 0 Å². The molecule has 1 fully saturated rings. The van der Waals surface area contributed by atoms with Crippen LogP contribution in [0.1, 0.15) is 54.7 Å². The van der Waals surface area contributed by atoms with Gasteiger partial charge in [0, 0.05) is 22.6 Å². The van der Waals surface area contributed by atoms with E-state index < -0.39 is 5.97 Å². The van der Waals surface area contributed by atoms with Crippen molar-refractivity contribution in [2.75, 3.05) is 6.61 Å². The zero-order valence-electron chi connectivity index (χ0n) is 12.6. The van der Waals surface area contributed by atoms with Crippen LogP contribution in [0.2, 0.25) is 0 Å². The van der Waals surface area contributed by atoms with Crippen LogP contribution in [-0.4, -0.2) is 22.2 Å². The summed E-state index contributed by atoms with van der Waals surface area (Å²) in [5, 5.41) is 10.4. The van der Waals surface area contributed by atoms with Gasteiger partial charge in [-0.2, -0.15) is 0 Å². The predicted molar refractivity (Wildman–Crippen MR) is 82.3 cm³/mol. The normalized spacial score (nSPS) is 15.7. The first-order valence-electron chi connectivity index (χ1n) is 7.64. The Hall–Kier alpha value is -1.97. The second kappa shape index (κ2) is 5.43. The Balaban J connectivity index is 2.23. The van der Waals surface area contributed by atoms with Crippen LogP contribution in [0.3, 0.4) is 0 Å². The maximum Gasteiger partial charge on any atom is 0.338 e. The molecule has 0 unspecified atom stereocenters. The first kappa shape index (κ1) is 14.0. The summed E-state index contributed by atoms with van der Waals surface area (Å²) in [4.78, 5) is 11.7. The third-order valence-electron chi connectivity index (χ3n) is 4.43. The van der Waals surface area contributed by atoms with E-state index in [0.29, 0.717) is 18.2 Å². The van der Waals surface area contributed by atoms with E-state index in [-0.39, 0.29) is 0 Å². The van der Waals surface area contributed by atoms with Crippen LogP contribution < -0.4 is 4.74 Å². The number of nitrogens with zero attached hydrogens (tertiary/aromatic N) is 1. The van der Waals surface area contributed by atoms with Gasteiger partial charge < -0.3 is 14.4 Å². The summed E-state index contributed by atoms with van der Waals surface area (Å²) in [5.41, 5.74) is 2.29. The maximum absolute atomic E-state index is 11.7. The number of carboxylic acid groups (broad SMARTS) is 1. The minimum Gasteiger partial charge on any atom is -0.494 e. The van der Waals surface area contributed by atoms with Crippen LogP contribution in [-0.2, 0) is 0 Å². The molecule has 2 aromatic rings. The van der Waals surface area contributed by atoms with Gasteiger partial charge in [0.25, 0.3) is 0 Å². The topological polar surface area (TPSA) is 51.5 Å². The molecule has 1 aromatic carbocycles. The Kier molecular flexibility index (Phi) is 3.62. The number of hydrogen-bond acceptors (Lipinski definition) is 2. The molecular weight excluding hydrogens is 266 g/mol. The van der Waals surface area contributed by atoms with Gasteiger partial charge in [-0.3, -0.25) is 0 Å². The van der Waals surface area contributed by atoms with E-state index in [0.717, 1.165) is 35.2 Å². The van der Waals surface area contributed by atoms with Crippen LogP contribution in [0.4, 0.5) is 0 Å². The second-order valence-corrected chi connectivity index (χ2v) is 5.69. The standard InChI is InChI=1S/C17H21NO3/c1-3-21-13-8-9-15-14(10-13)16(17(19)20)11(2)18(15)12-6-4-5-7-12/h8-10,12H,3-7H2,1-2H3,(H,19,20). The zero-order chi connectivity index (χ0) is 15.0. The number of hydrogen-bond donors (Lipinski definition) is 1. The molecule has 0 saturated heterocycles. The molecule has 4 nitrogen and oxygen atoms in total. The SMILES string of the molecule is CCOc1ccc2c(c1)c(C(=O)O)c(C)n2C1CCCC1. The molecule has 1 heterocycles. The molecule has 112 valence electrons. The Labute approximate surface area is 124 Å². The summed E-state index contributed by atoms with van der Waals surface area (Å²) in [6.07, 6.45) is 4.72. The van der Waals surface area contributed by atoms with Crippen LogP contribution >= 0.6 is 0 Å². The number of aromatic carboxylic acids is 1. The number of rotatable bonds is 4. The number of carboxylic acids is 1. The number of fused-ring (bicyclic) bond motifs is 1. The number of benzene rings is 1. The lowest BCUT2D eigenvalue weighted by molar-refractivity contribution is 0.0698. The van der Waals surface area contributed by atoms with E-state index in [1.165, 1.54) is 12.8 Å². The van der Waals surface area contributed by atoms with Gasteiger partial charge in [0.15, 0.2) is 0 Å². The predicted octanol–water partition coefficient (Wildman–Crippen LogP) is 4.16. The molecule has 0 aliphatic heterocycles. The molecular formula is C17H21NO3.